The molecule has 0 heteroatoms. The second-order valence-corrected chi connectivity index (χ2v) is 6.40. The van der Waals surface area contributed by atoms with Crippen LogP contribution in [0.2, 0.25) is 0 Å². The van der Waals surface area contributed by atoms with E-state index < -0.39 is 0 Å². The van der Waals surface area contributed by atoms with Gasteiger partial charge >= 0.3 is 0 Å². The van der Waals surface area contributed by atoms with Crippen molar-refractivity contribution >= 4 is 0 Å². The molecule has 0 aliphatic heterocycles. The molecule has 0 spiro atoms. The Hall–Kier alpha value is 0. The molecular formula is C15H26. The second-order valence-electron chi connectivity index (χ2n) is 6.40. The van der Waals surface area contributed by atoms with Crippen LogP contribution in [0.15, 0.2) is 0 Å². The molecule has 0 atom stereocenters. The molecule has 0 unspecified atom stereocenters. The van der Waals surface area contributed by atoms with Crippen LogP contribution in [-0.4, -0.2) is 0 Å². The van der Waals surface area contributed by atoms with Crippen LogP contribution < -0.4 is 0 Å². The molecule has 0 amide bonds. The lowest BCUT2D eigenvalue weighted by Gasteiger charge is -2.49. The SMILES string of the molecule is C1CCC(C2(C3CCC3)CCCC2)CC1. The van der Waals surface area contributed by atoms with Gasteiger partial charge in [0, 0.05) is 0 Å². The lowest BCUT2D eigenvalue weighted by atomic mass is 9.56. The van der Waals surface area contributed by atoms with Crippen LogP contribution in [-0.2, 0) is 0 Å². The fourth-order valence-electron chi connectivity index (χ4n) is 4.84. The Morgan fingerprint density at radius 3 is 1.53 bits per heavy atom. The summed E-state index contributed by atoms with van der Waals surface area (Å²) in [6, 6.07) is 0. The van der Waals surface area contributed by atoms with E-state index in [-0.39, 0.29) is 0 Å². The zero-order valence-electron chi connectivity index (χ0n) is 10.1. The number of hydrogen-bond acceptors (Lipinski definition) is 0. The van der Waals surface area contributed by atoms with Crippen LogP contribution >= 0.6 is 0 Å². The Bertz CT molecular complexity index is 202. The van der Waals surface area contributed by atoms with Gasteiger partial charge in [-0.05, 0) is 55.8 Å². The molecule has 3 aliphatic rings. The molecule has 0 radical (unpaired) electrons. The lowest BCUT2D eigenvalue weighted by Crippen LogP contribution is -2.40. The van der Waals surface area contributed by atoms with Crippen molar-refractivity contribution in [1.82, 2.24) is 0 Å². The van der Waals surface area contributed by atoms with Crippen molar-refractivity contribution in [2.24, 2.45) is 17.3 Å². The Morgan fingerprint density at radius 1 is 0.533 bits per heavy atom. The van der Waals surface area contributed by atoms with E-state index >= 15 is 0 Å². The second kappa shape index (κ2) is 4.11. The van der Waals surface area contributed by atoms with E-state index in [0.717, 1.165) is 17.3 Å². The predicted molar refractivity (Wildman–Crippen MR) is 64.8 cm³/mol. The Kier molecular flexibility index (Phi) is 2.79. The van der Waals surface area contributed by atoms with Gasteiger partial charge in [0.1, 0.15) is 0 Å². The highest BCUT2D eigenvalue weighted by Crippen LogP contribution is 2.59. The van der Waals surface area contributed by atoms with E-state index in [1.807, 2.05) is 0 Å². The first-order valence-corrected chi connectivity index (χ1v) is 7.42. The minimum atomic E-state index is 0.860. The third-order valence-corrected chi connectivity index (χ3v) is 5.87. The van der Waals surface area contributed by atoms with Crippen LogP contribution in [0, 0.1) is 17.3 Å². The van der Waals surface area contributed by atoms with E-state index in [1.165, 1.54) is 6.42 Å². The minimum Gasteiger partial charge on any atom is -0.0533 e. The van der Waals surface area contributed by atoms with Gasteiger partial charge < -0.3 is 0 Å². The fraction of sp³-hybridized carbons (Fsp3) is 1.00. The van der Waals surface area contributed by atoms with Crippen molar-refractivity contribution < 1.29 is 0 Å². The molecule has 0 bridgehead atoms. The van der Waals surface area contributed by atoms with Crippen molar-refractivity contribution in [2.75, 3.05) is 0 Å². The number of hydrogen-bond donors (Lipinski definition) is 0. The summed E-state index contributed by atoms with van der Waals surface area (Å²) in [5, 5.41) is 0. The molecule has 3 fully saturated rings. The monoisotopic (exact) mass is 206 g/mol. The quantitative estimate of drug-likeness (QED) is 0.601. The molecular weight excluding hydrogens is 180 g/mol. The molecule has 0 aromatic carbocycles. The predicted octanol–water partition coefficient (Wildman–Crippen LogP) is 4.93. The first-order chi connectivity index (χ1) is 7.42. The maximum Gasteiger partial charge on any atom is -0.0241 e. The highest BCUT2D eigenvalue weighted by molar-refractivity contribution is 4.98. The van der Waals surface area contributed by atoms with Gasteiger partial charge in [-0.25, -0.2) is 0 Å². The fourth-order valence-corrected chi connectivity index (χ4v) is 4.84. The summed E-state index contributed by atoms with van der Waals surface area (Å²) in [6.45, 7) is 0. The summed E-state index contributed by atoms with van der Waals surface area (Å²) in [5.41, 5.74) is 0.860. The van der Waals surface area contributed by atoms with Crippen molar-refractivity contribution in [2.45, 2.75) is 77.0 Å². The van der Waals surface area contributed by atoms with Gasteiger partial charge in [-0.2, -0.15) is 0 Å². The van der Waals surface area contributed by atoms with Gasteiger partial charge in [-0.1, -0.05) is 38.5 Å². The molecule has 15 heavy (non-hydrogen) atoms. The van der Waals surface area contributed by atoms with Crippen molar-refractivity contribution in [3.63, 3.8) is 0 Å². The highest BCUT2D eigenvalue weighted by atomic mass is 14.5. The summed E-state index contributed by atoms with van der Waals surface area (Å²) in [7, 11) is 0. The standard InChI is InChI=1S/C15H26/c1-2-7-13(8-3-1)15(11-4-5-12-15)14-9-6-10-14/h13-14H,1-12H2. The van der Waals surface area contributed by atoms with Crippen LogP contribution in [0.3, 0.4) is 0 Å². The van der Waals surface area contributed by atoms with Gasteiger partial charge in [0.05, 0.1) is 0 Å². The van der Waals surface area contributed by atoms with E-state index in [1.54, 1.807) is 70.6 Å². The largest absolute Gasteiger partial charge is 0.0533 e. The maximum atomic E-state index is 1.60. The minimum absolute atomic E-state index is 0.860. The average molecular weight is 206 g/mol. The molecule has 0 aromatic heterocycles. The Morgan fingerprint density at radius 2 is 1.07 bits per heavy atom. The first-order valence-electron chi connectivity index (χ1n) is 7.42. The van der Waals surface area contributed by atoms with Crippen molar-refractivity contribution in [1.29, 1.82) is 0 Å². The zero-order valence-corrected chi connectivity index (χ0v) is 10.1. The third-order valence-electron chi connectivity index (χ3n) is 5.87. The van der Waals surface area contributed by atoms with Crippen LogP contribution in [0.4, 0.5) is 0 Å². The Balaban J connectivity index is 1.75. The smallest absolute Gasteiger partial charge is 0.0241 e. The summed E-state index contributed by atoms with van der Waals surface area (Å²) < 4.78 is 0. The van der Waals surface area contributed by atoms with E-state index in [4.69, 9.17) is 0 Å². The zero-order chi connectivity index (χ0) is 10.1. The topological polar surface area (TPSA) is 0 Å². The first kappa shape index (κ1) is 10.2. The summed E-state index contributed by atoms with van der Waals surface area (Å²) in [5.74, 6) is 2.29. The van der Waals surface area contributed by atoms with Gasteiger partial charge in [0.25, 0.3) is 0 Å². The molecule has 0 heterocycles. The van der Waals surface area contributed by atoms with Gasteiger partial charge in [-0.3, -0.25) is 0 Å². The van der Waals surface area contributed by atoms with Crippen LogP contribution in [0.1, 0.15) is 77.0 Å². The number of rotatable bonds is 2. The van der Waals surface area contributed by atoms with Gasteiger partial charge in [-0.15, -0.1) is 0 Å². The average Bonchev–Trinajstić information content (AvgIpc) is 2.67. The molecule has 0 aromatic rings. The van der Waals surface area contributed by atoms with Crippen molar-refractivity contribution in [3.05, 3.63) is 0 Å². The van der Waals surface area contributed by atoms with Gasteiger partial charge in [0.15, 0.2) is 0 Å². The summed E-state index contributed by atoms with van der Waals surface area (Å²) in [4.78, 5) is 0. The van der Waals surface area contributed by atoms with E-state index in [0.29, 0.717) is 0 Å². The van der Waals surface area contributed by atoms with Crippen molar-refractivity contribution in [3.8, 4) is 0 Å². The summed E-state index contributed by atoms with van der Waals surface area (Å²) in [6.07, 6.45) is 18.8. The van der Waals surface area contributed by atoms with E-state index in [2.05, 4.69) is 0 Å². The van der Waals surface area contributed by atoms with Crippen LogP contribution in [0.5, 0.6) is 0 Å². The molecule has 0 saturated heterocycles. The lowest BCUT2D eigenvalue weighted by molar-refractivity contribution is 0.00624. The molecule has 3 aliphatic carbocycles. The van der Waals surface area contributed by atoms with E-state index in [9.17, 15) is 0 Å². The molecule has 0 N–H and O–H groups in total. The Labute approximate surface area is 94.8 Å². The summed E-state index contributed by atoms with van der Waals surface area (Å²) >= 11 is 0. The third kappa shape index (κ3) is 1.65. The molecule has 3 saturated carbocycles. The maximum absolute atomic E-state index is 1.60. The van der Waals surface area contributed by atoms with Crippen LogP contribution in [0.25, 0.3) is 0 Å². The molecule has 0 nitrogen and oxygen atoms in total. The highest BCUT2D eigenvalue weighted by Gasteiger charge is 2.48. The van der Waals surface area contributed by atoms with Gasteiger partial charge in [0.2, 0.25) is 0 Å². The normalized spacial score (nSPS) is 32.8. The molecule has 3 rings (SSSR count). The molecule has 86 valence electrons.